The molecule has 1 N–H and O–H groups in total. The lowest BCUT2D eigenvalue weighted by Crippen LogP contribution is -2.42. The summed E-state index contributed by atoms with van der Waals surface area (Å²) in [5, 5.41) is 2.86. The van der Waals surface area contributed by atoms with Crippen LogP contribution < -0.4 is 5.32 Å². The van der Waals surface area contributed by atoms with Crippen molar-refractivity contribution in [3.8, 4) is 0 Å². The Hall–Kier alpha value is -0.130. The van der Waals surface area contributed by atoms with Crippen molar-refractivity contribution in [3.05, 3.63) is 0 Å². The number of hydrogen-bond acceptors (Lipinski definition) is 3. The summed E-state index contributed by atoms with van der Waals surface area (Å²) in [7, 11) is -3.13. The van der Waals surface area contributed by atoms with Gasteiger partial charge in [-0.15, -0.1) is 0 Å². The summed E-state index contributed by atoms with van der Waals surface area (Å²) in [6.07, 6.45) is 1.00. The second-order valence-corrected chi connectivity index (χ2v) is 8.42. The first-order valence-corrected chi connectivity index (χ1v) is 8.47. The van der Waals surface area contributed by atoms with Gasteiger partial charge < -0.3 is 5.32 Å². The Kier molecular flexibility index (Phi) is 5.62. The van der Waals surface area contributed by atoms with Crippen LogP contribution in [0.25, 0.3) is 0 Å². The molecule has 2 unspecified atom stereocenters. The molecule has 1 aliphatic rings. The molecule has 0 aromatic carbocycles. The topological polar surface area (TPSA) is 49.4 Å². The average Bonchev–Trinajstić information content (AvgIpc) is 2.75. The highest BCUT2D eigenvalue weighted by molar-refractivity contribution is 7.89. The fourth-order valence-corrected chi connectivity index (χ4v) is 3.87. The molecule has 0 bridgehead atoms. The van der Waals surface area contributed by atoms with E-state index in [0.717, 1.165) is 6.42 Å². The molecule has 0 saturated carbocycles. The van der Waals surface area contributed by atoms with Gasteiger partial charge in [-0.05, 0) is 25.2 Å². The number of sulfonamides is 1. The van der Waals surface area contributed by atoms with Gasteiger partial charge in [-0.25, -0.2) is 12.7 Å². The third kappa shape index (κ3) is 3.93. The van der Waals surface area contributed by atoms with Gasteiger partial charge in [0, 0.05) is 25.7 Å². The van der Waals surface area contributed by atoms with E-state index >= 15 is 0 Å². The molecular weight excluding hydrogens is 248 g/mol. The second-order valence-electron chi connectivity index (χ2n) is 6.07. The maximum atomic E-state index is 12.4. The molecule has 1 saturated heterocycles. The summed E-state index contributed by atoms with van der Waals surface area (Å²) in [4.78, 5) is 0. The maximum Gasteiger partial charge on any atom is 0.217 e. The first-order valence-electron chi connectivity index (χ1n) is 6.97. The normalized spacial score (nSPS) is 24.1. The van der Waals surface area contributed by atoms with Crippen molar-refractivity contribution in [1.82, 2.24) is 9.62 Å². The molecule has 108 valence electrons. The molecule has 0 aromatic rings. The standard InChI is InChI=1S/C13H28N2O2S/c1-10(2)13-6-7-15(9-13)18(16,17)12(5)8-14-11(3)4/h10-14H,6-9H2,1-5H3. The van der Waals surface area contributed by atoms with Crippen molar-refractivity contribution in [2.24, 2.45) is 11.8 Å². The molecule has 1 heterocycles. The SMILES string of the molecule is CC(C)NCC(C)S(=O)(=O)N1CCC(C(C)C)C1. The first kappa shape index (κ1) is 15.9. The van der Waals surface area contributed by atoms with Gasteiger partial charge in [-0.3, -0.25) is 0 Å². The minimum Gasteiger partial charge on any atom is -0.313 e. The van der Waals surface area contributed by atoms with Gasteiger partial charge in [0.1, 0.15) is 0 Å². The molecule has 1 aliphatic heterocycles. The Morgan fingerprint density at radius 2 is 1.83 bits per heavy atom. The van der Waals surface area contributed by atoms with Gasteiger partial charge in [0.15, 0.2) is 0 Å². The molecule has 0 spiro atoms. The van der Waals surface area contributed by atoms with E-state index in [0.29, 0.717) is 37.5 Å². The van der Waals surface area contributed by atoms with Gasteiger partial charge >= 0.3 is 0 Å². The third-order valence-corrected chi connectivity index (χ3v) is 6.05. The van der Waals surface area contributed by atoms with E-state index in [1.807, 2.05) is 13.8 Å². The van der Waals surface area contributed by atoms with Crippen LogP contribution in [-0.2, 0) is 10.0 Å². The molecule has 0 amide bonds. The van der Waals surface area contributed by atoms with Crippen molar-refractivity contribution < 1.29 is 8.42 Å². The van der Waals surface area contributed by atoms with Crippen LogP contribution in [0, 0.1) is 11.8 Å². The first-order chi connectivity index (χ1) is 8.25. The fourth-order valence-electron chi connectivity index (χ4n) is 2.29. The lowest BCUT2D eigenvalue weighted by Gasteiger charge is -2.23. The van der Waals surface area contributed by atoms with Crippen LogP contribution in [0.4, 0.5) is 0 Å². The van der Waals surface area contributed by atoms with E-state index < -0.39 is 10.0 Å². The van der Waals surface area contributed by atoms with E-state index in [1.54, 1.807) is 11.2 Å². The minimum absolute atomic E-state index is 0.324. The molecule has 4 nitrogen and oxygen atoms in total. The van der Waals surface area contributed by atoms with Crippen molar-refractivity contribution in [2.45, 2.75) is 52.3 Å². The lowest BCUT2D eigenvalue weighted by molar-refractivity contribution is 0.385. The number of nitrogens with one attached hydrogen (secondary N) is 1. The Bertz CT molecular complexity index is 352. The van der Waals surface area contributed by atoms with Crippen molar-refractivity contribution in [3.63, 3.8) is 0 Å². The van der Waals surface area contributed by atoms with Gasteiger partial charge in [0.2, 0.25) is 10.0 Å². The lowest BCUT2D eigenvalue weighted by atomic mass is 9.96. The molecule has 0 aliphatic carbocycles. The van der Waals surface area contributed by atoms with Crippen molar-refractivity contribution in [1.29, 1.82) is 0 Å². The molecular formula is C13H28N2O2S. The minimum atomic E-state index is -3.13. The largest absolute Gasteiger partial charge is 0.313 e. The van der Waals surface area contributed by atoms with Crippen LogP contribution in [0.2, 0.25) is 0 Å². The summed E-state index contributed by atoms with van der Waals surface area (Å²) in [5.74, 6) is 1.08. The van der Waals surface area contributed by atoms with E-state index in [1.165, 1.54) is 0 Å². The van der Waals surface area contributed by atoms with E-state index in [9.17, 15) is 8.42 Å². The van der Waals surface area contributed by atoms with E-state index in [-0.39, 0.29) is 5.25 Å². The number of rotatable bonds is 6. The van der Waals surface area contributed by atoms with Crippen LogP contribution in [0.5, 0.6) is 0 Å². The quantitative estimate of drug-likeness (QED) is 0.803. The molecule has 0 radical (unpaired) electrons. The predicted octanol–water partition coefficient (Wildman–Crippen LogP) is 1.68. The summed E-state index contributed by atoms with van der Waals surface area (Å²) in [6, 6.07) is 0.324. The van der Waals surface area contributed by atoms with E-state index in [4.69, 9.17) is 0 Å². The summed E-state index contributed by atoms with van der Waals surface area (Å²) in [5.41, 5.74) is 0. The zero-order valence-electron chi connectivity index (χ0n) is 12.3. The summed E-state index contributed by atoms with van der Waals surface area (Å²) >= 11 is 0. The molecule has 0 aromatic heterocycles. The van der Waals surface area contributed by atoms with Crippen molar-refractivity contribution in [2.75, 3.05) is 19.6 Å². The molecule has 1 rings (SSSR count). The molecule has 18 heavy (non-hydrogen) atoms. The van der Waals surface area contributed by atoms with Gasteiger partial charge in [-0.1, -0.05) is 27.7 Å². The zero-order chi connectivity index (χ0) is 13.9. The molecule has 1 fully saturated rings. The Labute approximate surface area is 112 Å². The Morgan fingerprint density at radius 3 is 2.28 bits per heavy atom. The average molecular weight is 276 g/mol. The second kappa shape index (κ2) is 6.35. The van der Waals surface area contributed by atoms with Crippen LogP contribution >= 0.6 is 0 Å². The third-order valence-electron chi connectivity index (χ3n) is 3.81. The van der Waals surface area contributed by atoms with Gasteiger partial charge in [0.25, 0.3) is 0 Å². The number of hydrogen-bond donors (Lipinski definition) is 1. The monoisotopic (exact) mass is 276 g/mol. The van der Waals surface area contributed by atoms with Crippen molar-refractivity contribution >= 4 is 10.0 Å². The summed E-state index contributed by atoms with van der Waals surface area (Å²) in [6.45, 7) is 12.1. The molecule has 5 heteroatoms. The highest BCUT2D eigenvalue weighted by Crippen LogP contribution is 2.26. The van der Waals surface area contributed by atoms with E-state index in [2.05, 4.69) is 19.2 Å². The smallest absolute Gasteiger partial charge is 0.217 e. The highest BCUT2D eigenvalue weighted by Gasteiger charge is 2.35. The Morgan fingerprint density at radius 1 is 1.22 bits per heavy atom. The highest BCUT2D eigenvalue weighted by atomic mass is 32.2. The molecule has 2 atom stereocenters. The number of nitrogens with zero attached hydrogens (tertiary/aromatic N) is 1. The summed E-state index contributed by atoms with van der Waals surface area (Å²) < 4.78 is 26.5. The van der Waals surface area contributed by atoms with Crippen LogP contribution in [0.15, 0.2) is 0 Å². The van der Waals surface area contributed by atoms with Crippen LogP contribution in [0.3, 0.4) is 0 Å². The zero-order valence-corrected chi connectivity index (χ0v) is 13.1. The Balaban J connectivity index is 2.59. The maximum absolute atomic E-state index is 12.4. The fraction of sp³-hybridized carbons (Fsp3) is 1.00. The van der Waals surface area contributed by atoms with Gasteiger partial charge in [0.05, 0.1) is 5.25 Å². The van der Waals surface area contributed by atoms with Gasteiger partial charge in [-0.2, -0.15) is 0 Å². The predicted molar refractivity (Wildman–Crippen MR) is 76.0 cm³/mol. The van der Waals surface area contributed by atoms with Crippen LogP contribution in [-0.4, -0.2) is 43.6 Å². The van der Waals surface area contributed by atoms with Crippen LogP contribution in [0.1, 0.15) is 41.0 Å².